The van der Waals surface area contributed by atoms with Crippen molar-refractivity contribution in [1.29, 1.82) is 0 Å². The summed E-state index contributed by atoms with van der Waals surface area (Å²) in [4.78, 5) is 19.2. The van der Waals surface area contributed by atoms with Crippen LogP contribution in [-0.4, -0.2) is 30.6 Å². The minimum atomic E-state index is -0.287. The van der Waals surface area contributed by atoms with E-state index in [-0.39, 0.29) is 17.6 Å². The first-order valence-electron chi connectivity index (χ1n) is 9.48. The average molecular weight is 399 g/mol. The molecule has 2 heterocycles. The number of thiazole rings is 1. The van der Waals surface area contributed by atoms with Crippen LogP contribution in [0.5, 0.6) is 5.75 Å². The van der Waals surface area contributed by atoms with E-state index >= 15 is 0 Å². The summed E-state index contributed by atoms with van der Waals surface area (Å²) in [5.74, 6) is 0.513. The van der Waals surface area contributed by atoms with E-state index in [1.807, 2.05) is 37.3 Å². The number of hydrogen-bond acceptors (Lipinski definition) is 5. The summed E-state index contributed by atoms with van der Waals surface area (Å²) in [7, 11) is 0. The first-order chi connectivity index (χ1) is 13.6. The first kappa shape index (κ1) is 18.7. The van der Waals surface area contributed by atoms with Gasteiger partial charge in [0, 0.05) is 24.7 Å². The van der Waals surface area contributed by atoms with Crippen LogP contribution in [0.4, 0.5) is 15.2 Å². The molecule has 3 aromatic rings. The topological polar surface area (TPSA) is 54.5 Å². The number of aromatic nitrogens is 1. The van der Waals surface area contributed by atoms with E-state index in [0.29, 0.717) is 12.1 Å². The number of piperidine rings is 1. The summed E-state index contributed by atoms with van der Waals surface area (Å²) in [5.41, 5.74) is 1.20. The van der Waals surface area contributed by atoms with Crippen LogP contribution in [0.15, 0.2) is 42.5 Å². The highest BCUT2D eigenvalue weighted by molar-refractivity contribution is 7.22. The lowest BCUT2D eigenvalue weighted by molar-refractivity contribution is -0.120. The Morgan fingerprint density at radius 2 is 2.00 bits per heavy atom. The minimum absolute atomic E-state index is 0.0334. The summed E-state index contributed by atoms with van der Waals surface area (Å²) < 4.78 is 20.1. The van der Waals surface area contributed by atoms with E-state index in [1.165, 1.54) is 17.4 Å². The molecule has 1 N–H and O–H groups in total. The molecule has 1 aromatic heterocycles. The molecule has 0 spiro atoms. The molecule has 2 aromatic carbocycles. The Morgan fingerprint density at radius 3 is 2.68 bits per heavy atom. The van der Waals surface area contributed by atoms with Crippen molar-refractivity contribution in [3.05, 3.63) is 48.3 Å². The Kier molecular flexibility index (Phi) is 5.43. The number of carbonyl (C=O) groups is 1. The molecule has 146 valence electrons. The van der Waals surface area contributed by atoms with Crippen molar-refractivity contribution >= 4 is 38.3 Å². The molecular weight excluding hydrogens is 377 g/mol. The SMILES string of the molecule is CCOc1ccc(NC(=O)C2CCN(c3nc4c(F)cccc4s3)CC2)cc1. The van der Waals surface area contributed by atoms with Crippen LogP contribution in [0.1, 0.15) is 19.8 Å². The molecule has 0 aliphatic carbocycles. The van der Waals surface area contributed by atoms with E-state index in [1.54, 1.807) is 6.07 Å². The number of rotatable bonds is 5. The van der Waals surface area contributed by atoms with E-state index in [4.69, 9.17) is 4.74 Å². The van der Waals surface area contributed by atoms with Crippen LogP contribution in [0.2, 0.25) is 0 Å². The second kappa shape index (κ2) is 8.14. The number of anilines is 2. The highest BCUT2D eigenvalue weighted by atomic mass is 32.1. The third kappa shape index (κ3) is 3.94. The molecule has 1 amide bonds. The van der Waals surface area contributed by atoms with Crippen molar-refractivity contribution in [1.82, 2.24) is 4.98 Å². The lowest BCUT2D eigenvalue weighted by Gasteiger charge is -2.31. The first-order valence-corrected chi connectivity index (χ1v) is 10.3. The fraction of sp³-hybridized carbons (Fsp3) is 0.333. The highest BCUT2D eigenvalue weighted by Gasteiger charge is 2.26. The van der Waals surface area contributed by atoms with Gasteiger partial charge in [-0.2, -0.15) is 0 Å². The molecule has 28 heavy (non-hydrogen) atoms. The zero-order valence-corrected chi connectivity index (χ0v) is 16.5. The Labute approximate surface area is 167 Å². The van der Waals surface area contributed by atoms with E-state index in [9.17, 15) is 9.18 Å². The molecule has 0 bridgehead atoms. The summed E-state index contributed by atoms with van der Waals surface area (Å²) in [6, 6.07) is 12.4. The second-order valence-electron chi connectivity index (χ2n) is 6.79. The van der Waals surface area contributed by atoms with Crippen LogP contribution in [-0.2, 0) is 4.79 Å². The number of ether oxygens (including phenoxy) is 1. The van der Waals surface area contributed by atoms with Gasteiger partial charge in [0.1, 0.15) is 17.1 Å². The van der Waals surface area contributed by atoms with Gasteiger partial charge in [-0.05, 0) is 56.2 Å². The van der Waals surface area contributed by atoms with Crippen molar-refractivity contribution in [2.75, 3.05) is 29.9 Å². The average Bonchev–Trinajstić information content (AvgIpc) is 3.16. The molecule has 1 saturated heterocycles. The number of benzene rings is 2. The van der Waals surface area contributed by atoms with Crippen LogP contribution in [0.25, 0.3) is 10.2 Å². The quantitative estimate of drug-likeness (QED) is 0.676. The van der Waals surface area contributed by atoms with Gasteiger partial charge in [0.2, 0.25) is 5.91 Å². The number of nitrogens with one attached hydrogen (secondary N) is 1. The highest BCUT2D eigenvalue weighted by Crippen LogP contribution is 2.32. The Morgan fingerprint density at radius 1 is 1.25 bits per heavy atom. The van der Waals surface area contributed by atoms with E-state index in [0.717, 1.165) is 47.2 Å². The van der Waals surface area contributed by atoms with Gasteiger partial charge in [-0.3, -0.25) is 4.79 Å². The molecule has 1 fully saturated rings. The zero-order chi connectivity index (χ0) is 19.5. The maximum atomic E-state index is 13.9. The maximum absolute atomic E-state index is 13.9. The fourth-order valence-electron chi connectivity index (χ4n) is 3.42. The lowest BCUT2D eigenvalue weighted by Crippen LogP contribution is -2.38. The number of halogens is 1. The number of amides is 1. The molecule has 1 aliphatic heterocycles. The molecule has 0 unspecified atom stereocenters. The molecule has 0 radical (unpaired) electrons. The number of para-hydroxylation sites is 1. The van der Waals surface area contributed by atoms with Crippen LogP contribution in [0, 0.1) is 11.7 Å². The van der Waals surface area contributed by atoms with Crippen LogP contribution >= 0.6 is 11.3 Å². The smallest absolute Gasteiger partial charge is 0.227 e. The maximum Gasteiger partial charge on any atom is 0.227 e. The Bertz CT molecular complexity index is 965. The molecule has 7 heteroatoms. The van der Waals surface area contributed by atoms with Gasteiger partial charge in [0.15, 0.2) is 5.13 Å². The van der Waals surface area contributed by atoms with Gasteiger partial charge in [-0.1, -0.05) is 17.4 Å². The minimum Gasteiger partial charge on any atom is -0.494 e. The number of fused-ring (bicyclic) bond motifs is 1. The molecule has 4 rings (SSSR count). The summed E-state index contributed by atoms with van der Waals surface area (Å²) >= 11 is 1.50. The van der Waals surface area contributed by atoms with Crippen molar-refractivity contribution < 1.29 is 13.9 Å². The van der Waals surface area contributed by atoms with Gasteiger partial charge < -0.3 is 15.0 Å². The van der Waals surface area contributed by atoms with Gasteiger partial charge in [0.25, 0.3) is 0 Å². The zero-order valence-electron chi connectivity index (χ0n) is 15.7. The normalized spacial score (nSPS) is 15.0. The number of hydrogen-bond donors (Lipinski definition) is 1. The molecule has 5 nitrogen and oxygen atoms in total. The van der Waals surface area contributed by atoms with Crippen LogP contribution in [0.3, 0.4) is 0 Å². The largest absolute Gasteiger partial charge is 0.494 e. The van der Waals surface area contributed by atoms with E-state index in [2.05, 4.69) is 15.2 Å². The number of carbonyl (C=O) groups excluding carboxylic acids is 1. The Balaban J connectivity index is 1.35. The lowest BCUT2D eigenvalue weighted by atomic mass is 9.96. The monoisotopic (exact) mass is 399 g/mol. The summed E-state index contributed by atoms with van der Waals surface area (Å²) in [6.07, 6.45) is 1.50. The van der Waals surface area contributed by atoms with Gasteiger partial charge in [-0.25, -0.2) is 9.37 Å². The van der Waals surface area contributed by atoms with Crippen molar-refractivity contribution in [3.63, 3.8) is 0 Å². The molecular formula is C21H22FN3O2S. The Hall–Kier alpha value is -2.67. The molecule has 0 atom stereocenters. The van der Waals surface area contributed by atoms with Gasteiger partial charge >= 0.3 is 0 Å². The van der Waals surface area contributed by atoms with Crippen molar-refractivity contribution in [3.8, 4) is 5.75 Å². The second-order valence-corrected chi connectivity index (χ2v) is 7.80. The standard InChI is InChI=1S/C21H22FN3O2S/c1-2-27-16-8-6-15(7-9-16)23-20(26)14-10-12-25(13-11-14)21-24-19-17(22)4-3-5-18(19)28-21/h3-9,14H,2,10-13H2,1H3,(H,23,26). The predicted octanol–water partition coefficient (Wildman–Crippen LogP) is 4.69. The van der Waals surface area contributed by atoms with Gasteiger partial charge in [0.05, 0.1) is 11.3 Å². The third-order valence-electron chi connectivity index (χ3n) is 4.93. The van der Waals surface area contributed by atoms with E-state index < -0.39 is 0 Å². The third-order valence-corrected chi connectivity index (χ3v) is 6.01. The fourth-order valence-corrected chi connectivity index (χ4v) is 4.45. The van der Waals surface area contributed by atoms with Crippen molar-refractivity contribution in [2.24, 2.45) is 5.92 Å². The van der Waals surface area contributed by atoms with Crippen molar-refractivity contribution in [2.45, 2.75) is 19.8 Å². The number of nitrogens with zero attached hydrogens (tertiary/aromatic N) is 2. The van der Waals surface area contributed by atoms with Gasteiger partial charge in [-0.15, -0.1) is 0 Å². The summed E-state index contributed by atoms with van der Waals surface area (Å²) in [6.45, 7) is 4.03. The molecule has 0 saturated carbocycles. The van der Waals surface area contributed by atoms with Crippen LogP contribution < -0.4 is 15.0 Å². The predicted molar refractivity (Wildman–Crippen MR) is 111 cm³/mol. The summed E-state index contributed by atoms with van der Waals surface area (Å²) in [5, 5.41) is 3.81. The molecule has 1 aliphatic rings.